The fourth-order valence-electron chi connectivity index (χ4n) is 3.16. The molecule has 0 radical (unpaired) electrons. The monoisotopic (exact) mass is 412 g/mol. The number of urea groups is 1. The Labute approximate surface area is 171 Å². The third kappa shape index (κ3) is 5.12. The van der Waals surface area contributed by atoms with Gasteiger partial charge in [0.2, 0.25) is 0 Å². The van der Waals surface area contributed by atoms with Gasteiger partial charge < -0.3 is 21.1 Å². The van der Waals surface area contributed by atoms with Crippen LogP contribution in [0.25, 0.3) is 0 Å². The van der Waals surface area contributed by atoms with E-state index in [1.54, 1.807) is 0 Å². The highest BCUT2D eigenvalue weighted by molar-refractivity contribution is 7.16. The quantitative estimate of drug-likeness (QED) is 0.512. The molecule has 3 amide bonds. The smallest absolute Gasteiger partial charge is 0.338 e. The van der Waals surface area contributed by atoms with Gasteiger partial charge in [0.25, 0.3) is 5.91 Å². The first-order valence-corrected chi connectivity index (χ1v) is 9.97. The molecule has 1 aromatic heterocycles. The number of anilines is 2. The molecule has 0 atom stereocenters. The van der Waals surface area contributed by atoms with Crippen molar-refractivity contribution in [1.29, 1.82) is 5.26 Å². The van der Waals surface area contributed by atoms with E-state index in [0.29, 0.717) is 16.3 Å². The molecule has 0 aliphatic heterocycles. The Morgan fingerprint density at radius 1 is 1.10 bits per heavy atom. The van der Waals surface area contributed by atoms with Crippen LogP contribution in [-0.2, 0) is 22.4 Å². The average Bonchev–Trinajstić information content (AvgIpc) is 2.85. The third-order valence-electron chi connectivity index (χ3n) is 4.51. The van der Waals surface area contributed by atoms with Gasteiger partial charge in [-0.25, -0.2) is 9.59 Å². The first-order chi connectivity index (χ1) is 14.0. The molecule has 1 aromatic carbocycles. The van der Waals surface area contributed by atoms with Crippen molar-refractivity contribution in [1.82, 2.24) is 0 Å². The fourth-order valence-corrected chi connectivity index (χ4v) is 4.41. The van der Waals surface area contributed by atoms with Gasteiger partial charge in [-0.05, 0) is 55.5 Å². The highest BCUT2D eigenvalue weighted by Crippen LogP contribution is 2.36. The Balaban J connectivity index is 1.58. The number of esters is 1. The van der Waals surface area contributed by atoms with E-state index in [-0.39, 0.29) is 5.56 Å². The molecule has 3 rings (SSSR count). The second kappa shape index (κ2) is 9.21. The summed E-state index contributed by atoms with van der Waals surface area (Å²) in [6.45, 7) is -0.465. The molecule has 4 N–H and O–H groups in total. The molecule has 8 nitrogen and oxygen atoms in total. The minimum atomic E-state index is -0.709. The summed E-state index contributed by atoms with van der Waals surface area (Å²) < 4.78 is 5.04. The topological polar surface area (TPSA) is 134 Å². The number of benzene rings is 1. The lowest BCUT2D eigenvalue weighted by molar-refractivity contribution is -0.119. The normalized spacial score (nSPS) is 12.8. The first-order valence-electron chi connectivity index (χ1n) is 9.16. The van der Waals surface area contributed by atoms with E-state index >= 15 is 0 Å². The van der Waals surface area contributed by atoms with Crippen molar-refractivity contribution in [2.24, 2.45) is 5.73 Å². The summed E-state index contributed by atoms with van der Waals surface area (Å²) in [7, 11) is 0. The molecule has 0 saturated carbocycles. The van der Waals surface area contributed by atoms with Gasteiger partial charge in [0.05, 0.1) is 11.1 Å². The van der Waals surface area contributed by atoms with Gasteiger partial charge in [-0.2, -0.15) is 5.26 Å². The van der Waals surface area contributed by atoms with Gasteiger partial charge in [0.15, 0.2) is 6.61 Å². The molecule has 1 aliphatic carbocycles. The average molecular weight is 412 g/mol. The standard InChI is InChI=1S/C20H20N4O4S/c21-10-15-14-4-2-1-3-5-16(14)29-18(15)24-17(25)11-28-19(26)12-6-8-13(9-7-12)23-20(22)27/h6-9H,1-5,11H2,(H,24,25)(H3,22,23,27). The van der Waals surface area contributed by atoms with Crippen molar-refractivity contribution >= 4 is 39.9 Å². The summed E-state index contributed by atoms with van der Waals surface area (Å²) in [5.74, 6) is -1.17. The van der Waals surface area contributed by atoms with Gasteiger partial charge in [-0.15, -0.1) is 11.3 Å². The third-order valence-corrected chi connectivity index (χ3v) is 5.72. The van der Waals surface area contributed by atoms with E-state index in [9.17, 15) is 19.6 Å². The van der Waals surface area contributed by atoms with Gasteiger partial charge in [-0.3, -0.25) is 4.79 Å². The van der Waals surface area contributed by atoms with Gasteiger partial charge in [0, 0.05) is 10.6 Å². The molecule has 0 bridgehead atoms. The first kappa shape index (κ1) is 20.4. The van der Waals surface area contributed by atoms with Crippen molar-refractivity contribution in [3.05, 3.63) is 45.8 Å². The lowest BCUT2D eigenvalue weighted by Crippen LogP contribution is -2.21. The van der Waals surface area contributed by atoms with Crippen LogP contribution >= 0.6 is 11.3 Å². The Morgan fingerprint density at radius 3 is 2.52 bits per heavy atom. The highest BCUT2D eigenvalue weighted by atomic mass is 32.1. The molecule has 0 saturated heterocycles. The number of carbonyl (C=O) groups excluding carboxylic acids is 3. The van der Waals surface area contributed by atoms with Gasteiger partial charge in [0.1, 0.15) is 11.1 Å². The molecule has 29 heavy (non-hydrogen) atoms. The number of primary amides is 1. The number of nitrogens with one attached hydrogen (secondary N) is 2. The van der Waals surface area contributed by atoms with Crippen LogP contribution in [0.3, 0.4) is 0 Å². The van der Waals surface area contributed by atoms with Crippen LogP contribution in [0.2, 0.25) is 0 Å². The van der Waals surface area contributed by atoms with Crippen molar-refractivity contribution < 1.29 is 19.1 Å². The maximum absolute atomic E-state index is 12.2. The Morgan fingerprint density at radius 2 is 1.83 bits per heavy atom. The van der Waals surface area contributed by atoms with Crippen molar-refractivity contribution in [3.8, 4) is 6.07 Å². The number of hydrogen-bond donors (Lipinski definition) is 3. The van der Waals surface area contributed by atoms with Crippen LogP contribution < -0.4 is 16.4 Å². The number of nitrogens with two attached hydrogens (primary N) is 1. The van der Waals surface area contributed by atoms with Crippen LogP contribution in [-0.4, -0.2) is 24.5 Å². The van der Waals surface area contributed by atoms with Crippen LogP contribution in [0, 0.1) is 11.3 Å². The lowest BCUT2D eigenvalue weighted by atomic mass is 10.1. The summed E-state index contributed by atoms with van der Waals surface area (Å²) in [6, 6.07) is 7.39. The van der Waals surface area contributed by atoms with Crippen LogP contribution in [0.4, 0.5) is 15.5 Å². The van der Waals surface area contributed by atoms with E-state index in [1.807, 2.05) is 0 Å². The predicted molar refractivity (Wildman–Crippen MR) is 109 cm³/mol. The number of hydrogen-bond acceptors (Lipinski definition) is 6. The summed E-state index contributed by atoms with van der Waals surface area (Å²) in [5, 5.41) is 15.1. The zero-order chi connectivity index (χ0) is 20.8. The molecule has 0 unspecified atom stereocenters. The van der Waals surface area contributed by atoms with Crippen molar-refractivity contribution in [2.45, 2.75) is 32.1 Å². The highest BCUT2D eigenvalue weighted by Gasteiger charge is 2.21. The van der Waals surface area contributed by atoms with Crippen LogP contribution in [0.5, 0.6) is 0 Å². The largest absolute Gasteiger partial charge is 0.452 e. The summed E-state index contributed by atoms with van der Waals surface area (Å²) in [5.41, 5.74) is 7.24. The maximum Gasteiger partial charge on any atom is 0.338 e. The number of aryl methyl sites for hydroxylation is 1. The van der Waals surface area contributed by atoms with Gasteiger partial charge >= 0.3 is 12.0 Å². The Hall–Kier alpha value is -3.38. The van der Waals surface area contributed by atoms with Crippen LogP contribution in [0.1, 0.15) is 45.6 Å². The second-order valence-corrected chi connectivity index (χ2v) is 7.68. The number of nitrogens with zero attached hydrogens (tertiary/aromatic N) is 1. The maximum atomic E-state index is 12.2. The molecule has 1 aliphatic rings. The number of nitriles is 1. The summed E-state index contributed by atoms with van der Waals surface area (Å²) >= 11 is 1.43. The molecule has 9 heteroatoms. The molecule has 2 aromatic rings. The number of fused-ring (bicyclic) bond motifs is 1. The molecule has 0 fully saturated rings. The van der Waals surface area contributed by atoms with E-state index in [0.717, 1.165) is 42.5 Å². The minimum Gasteiger partial charge on any atom is -0.452 e. The second-order valence-electron chi connectivity index (χ2n) is 6.57. The van der Waals surface area contributed by atoms with E-state index in [4.69, 9.17) is 10.5 Å². The molecule has 0 spiro atoms. The molecular weight excluding hydrogens is 392 g/mol. The fraction of sp³-hybridized carbons (Fsp3) is 0.300. The minimum absolute atomic E-state index is 0.230. The zero-order valence-electron chi connectivity index (χ0n) is 15.6. The Kier molecular flexibility index (Phi) is 6.46. The summed E-state index contributed by atoms with van der Waals surface area (Å²) in [4.78, 5) is 36.3. The Bertz CT molecular complexity index is 976. The summed E-state index contributed by atoms with van der Waals surface area (Å²) in [6.07, 6.45) is 5.03. The van der Waals surface area contributed by atoms with Gasteiger partial charge in [-0.1, -0.05) is 6.42 Å². The SMILES string of the molecule is N#Cc1c(NC(=O)COC(=O)c2ccc(NC(N)=O)cc2)sc2c1CCCCC2. The molecular formula is C20H20N4O4S. The number of rotatable bonds is 5. The van der Waals surface area contributed by atoms with Crippen molar-refractivity contribution in [2.75, 3.05) is 17.2 Å². The number of carbonyl (C=O) groups is 3. The zero-order valence-corrected chi connectivity index (χ0v) is 16.4. The van der Waals surface area contributed by atoms with E-state index in [1.165, 1.54) is 35.6 Å². The van der Waals surface area contributed by atoms with E-state index < -0.39 is 24.5 Å². The number of amides is 3. The molecule has 150 valence electrons. The van der Waals surface area contributed by atoms with Crippen LogP contribution in [0.15, 0.2) is 24.3 Å². The van der Waals surface area contributed by atoms with E-state index in [2.05, 4.69) is 16.7 Å². The van der Waals surface area contributed by atoms with Crippen molar-refractivity contribution in [3.63, 3.8) is 0 Å². The number of thiophene rings is 1. The number of ether oxygens (including phenoxy) is 1. The lowest BCUT2D eigenvalue weighted by Gasteiger charge is -2.07. The molecule has 1 heterocycles. The predicted octanol–water partition coefficient (Wildman–Crippen LogP) is 3.17.